The van der Waals surface area contributed by atoms with Crippen LogP contribution in [0.1, 0.15) is 32.0 Å². The molecule has 10 heteroatoms. The first kappa shape index (κ1) is 21.7. The second kappa shape index (κ2) is 8.00. The lowest BCUT2D eigenvalue weighted by Crippen LogP contribution is -2.53. The molecular weight excluding hydrogens is 401 g/mol. The van der Waals surface area contributed by atoms with Crippen LogP contribution in [-0.4, -0.2) is 52.5 Å². The standard InChI is InChI=1S/C20H23F3N4O3/c1-5-26(6-2)18-24-19(20(21,22)23,17(28)29-7-3)15-13(4)25-27(16(15)30-18)14-11-9-8-10-12-14/h8-12H,5-7H2,1-4H3. The van der Waals surface area contributed by atoms with Crippen LogP contribution in [0.2, 0.25) is 0 Å². The van der Waals surface area contributed by atoms with Gasteiger partial charge in [0.05, 0.1) is 23.6 Å². The van der Waals surface area contributed by atoms with Crippen molar-refractivity contribution in [1.29, 1.82) is 0 Å². The fourth-order valence-corrected chi connectivity index (χ4v) is 3.40. The molecule has 1 atom stereocenters. The number of nitrogens with zero attached hydrogens (tertiary/aromatic N) is 4. The van der Waals surface area contributed by atoms with Gasteiger partial charge in [0.1, 0.15) is 0 Å². The zero-order chi connectivity index (χ0) is 22.1. The zero-order valence-corrected chi connectivity index (χ0v) is 17.2. The number of halogens is 3. The summed E-state index contributed by atoms with van der Waals surface area (Å²) in [6.07, 6.45) is -5.08. The molecule has 0 radical (unpaired) electrons. The van der Waals surface area contributed by atoms with Crippen LogP contribution < -0.4 is 4.74 Å². The third-order valence-electron chi connectivity index (χ3n) is 4.85. The van der Waals surface area contributed by atoms with Crippen molar-refractivity contribution in [3.8, 4) is 11.6 Å². The van der Waals surface area contributed by atoms with Crippen molar-refractivity contribution < 1.29 is 27.4 Å². The number of esters is 1. The van der Waals surface area contributed by atoms with Crippen molar-refractivity contribution in [1.82, 2.24) is 14.7 Å². The molecule has 1 aromatic carbocycles. The largest absolute Gasteiger partial charge is 0.464 e. The van der Waals surface area contributed by atoms with E-state index in [1.165, 1.54) is 23.4 Å². The summed E-state index contributed by atoms with van der Waals surface area (Å²) in [6.45, 7) is 6.78. The fourth-order valence-electron chi connectivity index (χ4n) is 3.40. The summed E-state index contributed by atoms with van der Waals surface area (Å²) in [6, 6.07) is 8.27. The van der Waals surface area contributed by atoms with E-state index in [-0.39, 0.29) is 24.2 Å². The van der Waals surface area contributed by atoms with E-state index in [4.69, 9.17) is 9.47 Å². The molecule has 0 N–H and O–H groups in total. The molecule has 3 rings (SSSR count). The van der Waals surface area contributed by atoms with Gasteiger partial charge in [0.25, 0.3) is 11.6 Å². The normalized spacial score (nSPS) is 18.3. The average Bonchev–Trinajstić information content (AvgIpc) is 3.05. The van der Waals surface area contributed by atoms with Crippen LogP contribution in [0.15, 0.2) is 35.3 Å². The minimum absolute atomic E-state index is 0.0263. The van der Waals surface area contributed by atoms with Crippen LogP contribution in [0.4, 0.5) is 13.2 Å². The highest BCUT2D eigenvalue weighted by Crippen LogP contribution is 2.51. The van der Waals surface area contributed by atoms with Gasteiger partial charge in [-0.25, -0.2) is 14.5 Å². The van der Waals surface area contributed by atoms with Gasteiger partial charge < -0.3 is 14.4 Å². The van der Waals surface area contributed by atoms with Gasteiger partial charge in [-0.05, 0) is 39.8 Å². The molecule has 0 saturated carbocycles. The molecule has 1 aliphatic rings. The molecule has 2 heterocycles. The minimum atomic E-state index is -5.08. The van der Waals surface area contributed by atoms with Crippen LogP contribution in [0.3, 0.4) is 0 Å². The van der Waals surface area contributed by atoms with Crippen LogP contribution in [0.5, 0.6) is 5.88 Å². The SMILES string of the molecule is CCOC(=O)C1(C(F)(F)F)N=C(N(CC)CC)Oc2c1c(C)nn2-c1ccccc1. The molecule has 1 unspecified atom stereocenters. The van der Waals surface area contributed by atoms with Crippen LogP contribution in [0, 0.1) is 6.92 Å². The predicted molar refractivity (Wildman–Crippen MR) is 104 cm³/mol. The van der Waals surface area contributed by atoms with Crippen molar-refractivity contribution in [3.63, 3.8) is 0 Å². The lowest BCUT2D eigenvalue weighted by molar-refractivity contribution is -0.209. The van der Waals surface area contributed by atoms with Gasteiger partial charge in [-0.1, -0.05) is 18.2 Å². The number of aromatic nitrogens is 2. The zero-order valence-electron chi connectivity index (χ0n) is 17.2. The van der Waals surface area contributed by atoms with Crippen molar-refractivity contribution in [2.75, 3.05) is 19.7 Å². The third kappa shape index (κ3) is 3.29. The van der Waals surface area contributed by atoms with Crippen LogP contribution in [-0.2, 0) is 15.1 Å². The maximum Gasteiger partial charge on any atom is 0.429 e. The van der Waals surface area contributed by atoms with E-state index >= 15 is 0 Å². The Hall–Kier alpha value is -3.04. The molecule has 0 aliphatic carbocycles. The van der Waals surface area contributed by atoms with Crippen molar-refractivity contribution >= 4 is 12.0 Å². The molecule has 30 heavy (non-hydrogen) atoms. The number of carbonyl (C=O) groups excluding carboxylic acids is 1. The molecule has 0 saturated heterocycles. The van der Waals surface area contributed by atoms with Crippen LogP contribution >= 0.6 is 0 Å². The summed E-state index contributed by atoms with van der Waals surface area (Å²) in [4.78, 5) is 18.1. The van der Waals surface area contributed by atoms with E-state index in [0.29, 0.717) is 18.8 Å². The molecule has 0 bridgehead atoms. The summed E-state index contributed by atoms with van der Waals surface area (Å²) in [7, 11) is 0. The summed E-state index contributed by atoms with van der Waals surface area (Å²) >= 11 is 0. The summed E-state index contributed by atoms with van der Waals surface area (Å²) in [5.74, 6) is -1.72. The fraction of sp³-hybridized carbons (Fsp3) is 0.450. The number of aliphatic imine (C=N–C) groups is 1. The first-order valence-corrected chi connectivity index (χ1v) is 9.63. The van der Waals surface area contributed by atoms with Gasteiger partial charge in [-0.15, -0.1) is 0 Å². The van der Waals surface area contributed by atoms with E-state index in [9.17, 15) is 18.0 Å². The number of fused-ring (bicyclic) bond motifs is 1. The highest BCUT2D eigenvalue weighted by atomic mass is 19.4. The number of hydrogen-bond acceptors (Lipinski definition) is 6. The molecule has 7 nitrogen and oxygen atoms in total. The Balaban J connectivity index is 2.37. The Morgan fingerprint density at radius 1 is 1.20 bits per heavy atom. The van der Waals surface area contributed by atoms with Gasteiger partial charge in [0.15, 0.2) is 0 Å². The Morgan fingerprint density at radius 2 is 1.83 bits per heavy atom. The van der Waals surface area contributed by atoms with E-state index in [1.54, 1.807) is 44.2 Å². The lowest BCUT2D eigenvalue weighted by atomic mass is 9.88. The monoisotopic (exact) mass is 424 g/mol. The molecule has 1 aliphatic heterocycles. The summed E-state index contributed by atoms with van der Waals surface area (Å²) in [5.41, 5.74) is -3.27. The lowest BCUT2D eigenvalue weighted by Gasteiger charge is -2.36. The second-order valence-corrected chi connectivity index (χ2v) is 6.61. The molecule has 0 fully saturated rings. The maximum absolute atomic E-state index is 14.6. The number of hydrogen-bond donors (Lipinski definition) is 0. The van der Waals surface area contributed by atoms with Crippen molar-refractivity contribution in [3.05, 3.63) is 41.6 Å². The number of para-hydroxylation sites is 1. The smallest absolute Gasteiger partial charge is 0.429 e. The van der Waals surface area contributed by atoms with E-state index < -0.39 is 23.2 Å². The predicted octanol–water partition coefficient (Wildman–Crippen LogP) is 3.59. The molecule has 162 valence electrons. The van der Waals surface area contributed by atoms with Gasteiger partial charge >= 0.3 is 12.1 Å². The molecule has 0 spiro atoms. The Labute approximate surface area is 172 Å². The minimum Gasteiger partial charge on any atom is -0.464 e. The molecule has 1 aromatic heterocycles. The number of ether oxygens (including phenoxy) is 2. The number of amidine groups is 1. The number of alkyl halides is 3. The third-order valence-corrected chi connectivity index (χ3v) is 4.85. The summed E-state index contributed by atoms with van der Waals surface area (Å²) < 4.78 is 55.6. The van der Waals surface area contributed by atoms with Gasteiger partial charge in [0.2, 0.25) is 5.88 Å². The average molecular weight is 424 g/mol. The van der Waals surface area contributed by atoms with Gasteiger partial charge in [-0.2, -0.15) is 18.3 Å². The Morgan fingerprint density at radius 3 is 2.37 bits per heavy atom. The first-order chi connectivity index (χ1) is 14.2. The number of rotatable bonds is 5. The summed E-state index contributed by atoms with van der Waals surface area (Å²) in [5, 5.41) is 4.25. The maximum atomic E-state index is 14.6. The van der Waals surface area contributed by atoms with Crippen molar-refractivity contribution in [2.24, 2.45) is 4.99 Å². The molecule has 0 amide bonds. The Bertz CT molecular complexity index is 952. The Kier molecular flexibility index (Phi) is 5.78. The van der Waals surface area contributed by atoms with Crippen molar-refractivity contribution in [2.45, 2.75) is 39.4 Å². The number of benzene rings is 1. The molecule has 2 aromatic rings. The van der Waals surface area contributed by atoms with Gasteiger partial charge in [-0.3, -0.25) is 0 Å². The quantitative estimate of drug-likeness (QED) is 0.687. The van der Waals surface area contributed by atoms with Crippen LogP contribution in [0.25, 0.3) is 5.69 Å². The number of carbonyl (C=O) groups is 1. The highest BCUT2D eigenvalue weighted by Gasteiger charge is 2.68. The number of aryl methyl sites for hydroxylation is 1. The van der Waals surface area contributed by atoms with Gasteiger partial charge in [0, 0.05) is 13.1 Å². The second-order valence-electron chi connectivity index (χ2n) is 6.61. The first-order valence-electron chi connectivity index (χ1n) is 9.63. The van der Waals surface area contributed by atoms with E-state index in [1.807, 2.05) is 0 Å². The highest BCUT2D eigenvalue weighted by molar-refractivity contribution is 5.92. The topological polar surface area (TPSA) is 68.9 Å². The van der Waals surface area contributed by atoms with E-state index in [2.05, 4.69) is 10.1 Å². The van der Waals surface area contributed by atoms with E-state index in [0.717, 1.165) is 0 Å². The molecular formula is C20H23F3N4O3.